The van der Waals surface area contributed by atoms with Gasteiger partial charge in [-0.05, 0) is 12.8 Å². The monoisotopic (exact) mass is 279 g/mol. The zero-order chi connectivity index (χ0) is 14.2. The molecule has 112 valence electrons. The first-order valence-corrected chi connectivity index (χ1v) is 7.72. The number of rotatable bonds is 6. The minimum atomic E-state index is -0.205. The third-order valence-electron chi connectivity index (χ3n) is 3.77. The quantitative estimate of drug-likeness (QED) is 0.543. The number of aromatic amines is 1. The number of nitrogens with one attached hydrogen (secondary N) is 3. The lowest BCUT2D eigenvalue weighted by molar-refractivity contribution is 0.0943. The average Bonchev–Trinajstić information content (AvgIpc) is 2.80. The van der Waals surface area contributed by atoms with Crippen LogP contribution in [-0.4, -0.2) is 40.2 Å². The van der Waals surface area contributed by atoms with Gasteiger partial charge in [0.15, 0.2) is 0 Å². The fourth-order valence-corrected chi connectivity index (χ4v) is 2.57. The number of aromatic nitrogens is 3. The van der Waals surface area contributed by atoms with Crippen LogP contribution in [0.25, 0.3) is 0 Å². The SMILES string of the molecule is CCc1nc(C(=O)NCCNC2CCCCCC2)n[nH]1. The molecular formula is C14H25N5O. The molecule has 20 heavy (non-hydrogen) atoms. The van der Waals surface area contributed by atoms with Crippen LogP contribution in [0.1, 0.15) is 61.9 Å². The van der Waals surface area contributed by atoms with E-state index in [4.69, 9.17) is 0 Å². The summed E-state index contributed by atoms with van der Waals surface area (Å²) in [6.45, 7) is 3.39. The summed E-state index contributed by atoms with van der Waals surface area (Å²) >= 11 is 0. The van der Waals surface area contributed by atoms with Gasteiger partial charge in [0.25, 0.3) is 5.91 Å². The van der Waals surface area contributed by atoms with Gasteiger partial charge >= 0.3 is 0 Å². The smallest absolute Gasteiger partial charge is 0.291 e. The van der Waals surface area contributed by atoms with Gasteiger partial charge in [0.2, 0.25) is 5.82 Å². The fraction of sp³-hybridized carbons (Fsp3) is 0.786. The van der Waals surface area contributed by atoms with Gasteiger partial charge in [-0.2, -0.15) is 0 Å². The van der Waals surface area contributed by atoms with Gasteiger partial charge in [0.05, 0.1) is 0 Å². The van der Waals surface area contributed by atoms with Gasteiger partial charge in [-0.15, -0.1) is 5.10 Å². The van der Waals surface area contributed by atoms with Crippen LogP contribution < -0.4 is 10.6 Å². The van der Waals surface area contributed by atoms with Gasteiger partial charge in [-0.1, -0.05) is 32.6 Å². The largest absolute Gasteiger partial charge is 0.348 e. The van der Waals surface area contributed by atoms with E-state index in [1.807, 2.05) is 6.92 Å². The summed E-state index contributed by atoms with van der Waals surface area (Å²) in [6, 6.07) is 0.615. The standard InChI is InChI=1S/C14H25N5O/c1-2-12-17-13(19-18-12)14(20)16-10-9-15-11-7-5-3-4-6-8-11/h11,15H,2-10H2,1H3,(H,16,20)(H,17,18,19). The number of nitrogens with zero attached hydrogens (tertiary/aromatic N) is 2. The maximum absolute atomic E-state index is 11.8. The van der Waals surface area contributed by atoms with Gasteiger partial charge in [-0.25, -0.2) is 4.98 Å². The predicted molar refractivity (Wildman–Crippen MR) is 77.6 cm³/mol. The summed E-state index contributed by atoms with van der Waals surface area (Å²) < 4.78 is 0. The summed E-state index contributed by atoms with van der Waals surface area (Å²) in [6.07, 6.45) is 8.63. The van der Waals surface area contributed by atoms with Crippen LogP contribution in [0.3, 0.4) is 0 Å². The topological polar surface area (TPSA) is 82.7 Å². The van der Waals surface area contributed by atoms with Gasteiger partial charge in [0.1, 0.15) is 5.82 Å². The number of hydrogen-bond donors (Lipinski definition) is 3. The van der Waals surface area contributed by atoms with Crippen molar-refractivity contribution in [2.75, 3.05) is 13.1 Å². The first-order valence-electron chi connectivity index (χ1n) is 7.72. The zero-order valence-electron chi connectivity index (χ0n) is 12.2. The Morgan fingerprint density at radius 3 is 2.65 bits per heavy atom. The van der Waals surface area contributed by atoms with E-state index in [1.54, 1.807) is 0 Å². The molecular weight excluding hydrogens is 254 g/mol. The highest BCUT2D eigenvalue weighted by molar-refractivity contribution is 5.90. The Hall–Kier alpha value is -1.43. The van der Waals surface area contributed by atoms with Gasteiger partial charge in [-0.3, -0.25) is 9.89 Å². The number of aryl methyl sites for hydroxylation is 1. The summed E-state index contributed by atoms with van der Waals surface area (Å²) in [5, 5.41) is 13.0. The van der Waals surface area contributed by atoms with Crippen molar-refractivity contribution >= 4 is 5.91 Å². The summed E-state index contributed by atoms with van der Waals surface area (Å²) in [7, 11) is 0. The molecule has 6 heteroatoms. The van der Waals surface area contributed by atoms with Crippen molar-refractivity contribution in [1.29, 1.82) is 0 Å². The molecule has 1 saturated carbocycles. The van der Waals surface area contributed by atoms with Crippen LogP contribution in [0.5, 0.6) is 0 Å². The Bertz CT molecular complexity index is 409. The number of carbonyl (C=O) groups is 1. The normalized spacial score (nSPS) is 16.9. The Morgan fingerprint density at radius 2 is 2.00 bits per heavy atom. The van der Waals surface area contributed by atoms with Crippen LogP contribution in [0.2, 0.25) is 0 Å². The first-order chi connectivity index (χ1) is 9.79. The molecule has 0 radical (unpaired) electrons. The van der Waals surface area contributed by atoms with Crippen molar-refractivity contribution in [3.8, 4) is 0 Å². The highest BCUT2D eigenvalue weighted by Crippen LogP contribution is 2.16. The molecule has 0 aromatic carbocycles. The molecule has 2 rings (SSSR count). The third-order valence-corrected chi connectivity index (χ3v) is 3.77. The molecule has 0 unspecified atom stereocenters. The van der Waals surface area contributed by atoms with Crippen LogP contribution in [0, 0.1) is 0 Å². The summed E-state index contributed by atoms with van der Waals surface area (Å²) in [4.78, 5) is 15.9. The van der Waals surface area contributed by atoms with Crippen molar-refractivity contribution in [3.63, 3.8) is 0 Å². The van der Waals surface area contributed by atoms with Crippen LogP contribution in [0.15, 0.2) is 0 Å². The number of H-pyrrole nitrogens is 1. The fourth-order valence-electron chi connectivity index (χ4n) is 2.57. The predicted octanol–water partition coefficient (Wildman–Crippen LogP) is 1.41. The molecule has 0 saturated heterocycles. The summed E-state index contributed by atoms with van der Waals surface area (Å²) in [5.74, 6) is 0.770. The lowest BCUT2D eigenvalue weighted by Gasteiger charge is -2.15. The van der Waals surface area contributed by atoms with Crippen molar-refractivity contribution in [2.45, 2.75) is 57.9 Å². The van der Waals surface area contributed by atoms with Crippen LogP contribution >= 0.6 is 0 Å². The van der Waals surface area contributed by atoms with E-state index in [0.29, 0.717) is 12.6 Å². The van der Waals surface area contributed by atoms with Crippen LogP contribution in [0.4, 0.5) is 0 Å². The van der Waals surface area contributed by atoms with E-state index < -0.39 is 0 Å². The number of amides is 1. The molecule has 1 aliphatic carbocycles. The molecule has 1 heterocycles. The van der Waals surface area contributed by atoms with Gasteiger partial charge < -0.3 is 10.6 Å². The molecule has 6 nitrogen and oxygen atoms in total. The van der Waals surface area contributed by atoms with E-state index in [2.05, 4.69) is 25.8 Å². The minimum absolute atomic E-state index is 0.205. The molecule has 1 aromatic heterocycles. The number of carbonyl (C=O) groups excluding carboxylic acids is 1. The van der Waals surface area contributed by atoms with E-state index in [9.17, 15) is 4.79 Å². The average molecular weight is 279 g/mol. The summed E-state index contributed by atoms with van der Waals surface area (Å²) in [5.41, 5.74) is 0. The number of hydrogen-bond acceptors (Lipinski definition) is 4. The molecule has 1 fully saturated rings. The van der Waals surface area contributed by atoms with Crippen molar-refractivity contribution in [3.05, 3.63) is 11.6 Å². The Kier molecular flexibility index (Phi) is 5.98. The van der Waals surface area contributed by atoms with E-state index >= 15 is 0 Å². The highest BCUT2D eigenvalue weighted by Gasteiger charge is 2.13. The molecule has 3 N–H and O–H groups in total. The van der Waals surface area contributed by atoms with Crippen molar-refractivity contribution < 1.29 is 4.79 Å². The maximum atomic E-state index is 11.8. The maximum Gasteiger partial charge on any atom is 0.291 e. The van der Waals surface area contributed by atoms with Crippen LogP contribution in [-0.2, 0) is 6.42 Å². The third kappa shape index (κ3) is 4.59. The second-order valence-corrected chi connectivity index (χ2v) is 5.36. The molecule has 1 amide bonds. The Morgan fingerprint density at radius 1 is 1.25 bits per heavy atom. The van der Waals surface area contributed by atoms with Gasteiger partial charge in [0, 0.05) is 25.6 Å². The lowest BCUT2D eigenvalue weighted by atomic mass is 10.1. The lowest BCUT2D eigenvalue weighted by Crippen LogP contribution is -2.37. The minimum Gasteiger partial charge on any atom is -0.348 e. The Balaban J connectivity index is 1.63. The molecule has 0 aliphatic heterocycles. The van der Waals surface area contributed by atoms with E-state index in [-0.39, 0.29) is 11.7 Å². The van der Waals surface area contributed by atoms with Crippen molar-refractivity contribution in [2.24, 2.45) is 0 Å². The van der Waals surface area contributed by atoms with E-state index in [1.165, 1.54) is 38.5 Å². The molecule has 0 bridgehead atoms. The second kappa shape index (κ2) is 7.99. The molecule has 1 aliphatic rings. The Labute approximate surface area is 120 Å². The zero-order valence-corrected chi connectivity index (χ0v) is 12.2. The van der Waals surface area contributed by atoms with E-state index in [0.717, 1.165) is 18.8 Å². The molecule has 1 aromatic rings. The second-order valence-electron chi connectivity index (χ2n) is 5.36. The first kappa shape index (κ1) is 15.0. The highest BCUT2D eigenvalue weighted by atomic mass is 16.2. The molecule has 0 atom stereocenters. The van der Waals surface area contributed by atoms with Crippen molar-refractivity contribution in [1.82, 2.24) is 25.8 Å². The molecule has 0 spiro atoms.